The van der Waals surface area contributed by atoms with Gasteiger partial charge in [-0.2, -0.15) is 0 Å². The van der Waals surface area contributed by atoms with Crippen molar-refractivity contribution in [3.63, 3.8) is 0 Å². The van der Waals surface area contributed by atoms with Gasteiger partial charge in [-0.25, -0.2) is 0 Å². The summed E-state index contributed by atoms with van der Waals surface area (Å²) in [5.74, 6) is 1.25. The van der Waals surface area contributed by atoms with E-state index in [1.807, 2.05) is 6.07 Å². The highest BCUT2D eigenvalue weighted by Crippen LogP contribution is 2.44. The van der Waals surface area contributed by atoms with Crippen molar-refractivity contribution in [1.82, 2.24) is 10.2 Å². The Balaban J connectivity index is 1.86. The van der Waals surface area contributed by atoms with Crippen molar-refractivity contribution in [2.75, 3.05) is 53.6 Å². The third kappa shape index (κ3) is 8.68. The molecule has 0 spiro atoms. The van der Waals surface area contributed by atoms with Gasteiger partial charge in [0, 0.05) is 57.0 Å². The average molecular weight is 523 g/mol. The van der Waals surface area contributed by atoms with Crippen LogP contribution in [-0.2, 0) is 15.1 Å². The number of aliphatic hydroxyl groups excluding tert-OH is 1. The van der Waals surface area contributed by atoms with Crippen LogP contribution in [0.4, 0.5) is 0 Å². The molecular formula is C30H51ClN2O3. The highest BCUT2D eigenvalue weighted by atomic mass is 35.5. The fourth-order valence-corrected chi connectivity index (χ4v) is 6.88. The topological polar surface area (TPSA) is 54.0 Å². The second kappa shape index (κ2) is 16.3. The molecule has 0 amide bonds. The van der Waals surface area contributed by atoms with E-state index in [0.29, 0.717) is 25.0 Å². The van der Waals surface area contributed by atoms with Crippen molar-refractivity contribution in [3.8, 4) is 0 Å². The molecule has 6 heteroatoms. The Morgan fingerprint density at radius 2 is 1.94 bits per heavy atom. The summed E-state index contributed by atoms with van der Waals surface area (Å²) < 4.78 is 12.2. The van der Waals surface area contributed by atoms with Crippen LogP contribution in [0, 0.1) is 11.8 Å². The van der Waals surface area contributed by atoms with Gasteiger partial charge in [-0.3, -0.25) is 4.90 Å². The van der Waals surface area contributed by atoms with Crippen LogP contribution in [0.5, 0.6) is 0 Å². The summed E-state index contributed by atoms with van der Waals surface area (Å²) in [6.07, 6.45) is 14.3. The van der Waals surface area contributed by atoms with Crippen LogP contribution in [-0.4, -0.2) is 69.7 Å². The maximum absolute atomic E-state index is 9.53. The molecule has 3 rings (SSSR count). The number of hydrogen-bond acceptors (Lipinski definition) is 5. The molecule has 206 valence electrons. The molecule has 3 unspecified atom stereocenters. The predicted molar refractivity (Wildman–Crippen MR) is 150 cm³/mol. The van der Waals surface area contributed by atoms with Crippen molar-refractivity contribution in [1.29, 1.82) is 0 Å². The molecule has 5 nitrogen and oxygen atoms in total. The monoisotopic (exact) mass is 522 g/mol. The predicted octanol–water partition coefficient (Wildman–Crippen LogP) is 6.02. The molecule has 1 aromatic rings. The van der Waals surface area contributed by atoms with Crippen molar-refractivity contribution >= 4 is 11.6 Å². The molecule has 1 aliphatic heterocycles. The Kier molecular flexibility index (Phi) is 13.5. The molecule has 1 aromatic carbocycles. The number of nitrogens with zero attached hydrogens (tertiary/aromatic N) is 1. The standard InChI is InChI=1S/C30H51ClN2O3/c1-32-23-29(21-25-11-4-3-5-12-25)33-17-9-14-27(24-33)30(36-20-10-18-34,16-6-7-19-35-2)26-13-8-15-28(31)22-26/h8,13,15,22,25,27,29,32,34H,3-7,9-12,14,16-21,23-24H2,1-2H3. The van der Waals surface area contributed by atoms with Crippen molar-refractivity contribution in [2.45, 2.75) is 88.7 Å². The van der Waals surface area contributed by atoms with Crippen molar-refractivity contribution in [2.24, 2.45) is 11.8 Å². The Hall–Kier alpha value is -0.690. The van der Waals surface area contributed by atoms with Gasteiger partial charge in [0.1, 0.15) is 0 Å². The van der Waals surface area contributed by atoms with Gasteiger partial charge in [0.25, 0.3) is 0 Å². The molecule has 2 fully saturated rings. The number of ether oxygens (including phenoxy) is 2. The Bertz CT molecular complexity index is 730. The average Bonchev–Trinajstić information content (AvgIpc) is 2.91. The zero-order valence-electron chi connectivity index (χ0n) is 22.9. The van der Waals surface area contributed by atoms with Crippen LogP contribution in [0.3, 0.4) is 0 Å². The molecule has 2 aliphatic rings. The third-order valence-electron chi connectivity index (χ3n) is 8.52. The lowest BCUT2D eigenvalue weighted by Gasteiger charge is -2.48. The summed E-state index contributed by atoms with van der Waals surface area (Å²) in [5.41, 5.74) is 0.788. The molecule has 1 aliphatic carbocycles. The van der Waals surface area contributed by atoms with Gasteiger partial charge < -0.3 is 19.9 Å². The number of rotatable bonds is 16. The zero-order chi connectivity index (χ0) is 25.6. The lowest BCUT2D eigenvalue weighted by molar-refractivity contribution is -0.124. The summed E-state index contributed by atoms with van der Waals surface area (Å²) in [6, 6.07) is 8.90. The number of hydrogen-bond donors (Lipinski definition) is 2. The van der Waals surface area contributed by atoms with Gasteiger partial charge in [0.15, 0.2) is 0 Å². The van der Waals surface area contributed by atoms with Crippen LogP contribution >= 0.6 is 11.6 Å². The van der Waals surface area contributed by atoms with Gasteiger partial charge in [0.2, 0.25) is 0 Å². The maximum atomic E-state index is 9.53. The Morgan fingerprint density at radius 1 is 1.11 bits per heavy atom. The number of unbranched alkanes of at least 4 members (excludes halogenated alkanes) is 1. The lowest BCUT2D eigenvalue weighted by Crippen LogP contribution is -2.53. The fourth-order valence-electron chi connectivity index (χ4n) is 6.69. The molecule has 1 saturated carbocycles. The number of nitrogens with one attached hydrogen (secondary N) is 1. The Labute approximate surface area is 225 Å². The van der Waals surface area contributed by atoms with Crippen molar-refractivity contribution in [3.05, 3.63) is 34.9 Å². The van der Waals surface area contributed by atoms with Crippen LogP contribution in [0.2, 0.25) is 5.02 Å². The summed E-state index contributed by atoms with van der Waals surface area (Å²) >= 11 is 6.53. The number of likely N-dealkylation sites (N-methyl/N-ethyl adjacent to an activating group) is 1. The third-order valence-corrected chi connectivity index (χ3v) is 8.76. The first-order valence-corrected chi connectivity index (χ1v) is 14.9. The van der Waals surface area contributed by atoms with E-state index in [0.717, 1.165) is 56.3 Å². The van der Waals surface area contributed by atoms with Crippen LogP contribution in [0.25, 0.3) is 0 Å². The number of methoxy groups -OCH3 is 1. The highest BCUT2D eigenvalue weighted by molar-refractivity contribution is 6.30. The highest BCUT2D eigenvalue weighted by Gasteiger charge is 2.44. The molecular weight excluding hydrogens is 472 g/mol. The second-order valence-corrected chi connectivity index (χ2v) is 11.5. The number of benzene rings is 1. The summed E-state index contributed by atoms with van der Waals surface area (Å²) in [6.45, 7) is 4.75. The van der Waals surface area contributed by atoms with Crippen LogP contribution in [0.15, 0.2) is 24.3 Å². The molecule has 36 heavy (non-hydrogen) atoms. The number of piperidine rings is 1. The first kappa shape index (κ1) is 29.9. The minimum atomic E-state index is -0.401. The Morgan fingerprint density at radius 3 is 2.67 bits per heavy atom. The minimum Gasteiger partial charge on any atom is -0.396 e. The molecule has 0 aromatic heterocycles. The quantitative estimate of drug-likeness (QED) is 0.260. The van der Waals surface area contributed by atoms with E-state index < -0.39 is 5.60 Å². The smallest absolute Gasteiger partial charge is 0.0972 e. The van der Waals surface area contributed by atoms with Gasteiger partial charge in [0.05, 0.1) is 5.60 Å². The van der Waals surface area contributed by atoms with Crippen LogP contribution < -0.4 is 5.32 Å². The van der Waals surface area contributed by atoms with Gasteiger partial charge in [-0.05, 0) is 82.2 Å². The van der Waals surface area contributed by atoms with E-state index in [9.17, 15) is 5.11 Å². The lowest BCUT2D eigenvalue weighted by atomic mass is 9.73. The first-order chi connectivity index (χ1) is 17.6. The number of aliphatic hydroxyl groups is 1. The minimum absolute atomic E-state index is 0.151. The first-order valence-electron chi connectivity index (χ1n) is 14.5. The molecule has 0 radical (unpaired) electrons. The summed E-state index contributed by atoms with van der Waals surface area (Å²) in [7, 11) is 3.87. The van der Waals surface area contributed by atoms with Gasteiger partial charge >= 0.3 is 0 Å². The van der Waals surface area contributed by atoms with Gasteiger partial charge in [-0.1, -0.05) is 55.8 Å². The molecule has 0 bridgehead atoms. The SMILES string of the molecule is CNCC(CC1CCCCC1)N1CCCC(C(CCCCOC)(OCCCO)c2cccc(Cl)c2)C1. The van der Waals surface area contributed by atoms with Crippen LogP contribution in [0.1, 0.15) is 82.6 Å². The largest absolute Gasteiger partial charge is 0.396 e. The van der Waals surface area contributed by atoms with E-state index >= 15 is 0 Å². The molecule has 2 N–H and O–H groups in total. The zero-order valence-corrected chi connectivity index (χ0v) is 23.6. The molecule has 3 atom stereocenters. The van der Waals surface area contributed by atoms with Gasteiger partial charge in [-0.15, -0.1) is 0 Å². The van der Waals surface area contributed by atoms with E-state index in [1.165, 1.54) is 57.1 Å². The van der Waals surface area contributed by atoms with E-state index in [2.05, 4.69) is 35.5 Å². The maximum Gasteiger partial charge on any atom is 0.0972 e. The molecule has 1 heterocycles. The van der Waals surface area contributed by atoms with E-state index in [4.69, 9.17) is 21.1 Å². The second-order valence-electron chi connectivity index (χ2n) is 11.1. The number of likely N-dealkylation sites (tertiary alicyclic amines) is 1. The van der Waals surface area contributed by atoms with E-state index in [-0.39, 0.29) is 6.61 Å². The normalized spacial score (nSPS) is 22.4. The molecule has 1 saturated heterocycles. The summed E-state index contributed by atoms with van der Waals surface area (Å²) in [4.78, 5) is 2.77. The fraction of sp³-hybridized carbons (Fsp3) is 0.800. The number of halogens is 1. The van der Waals surface area contributed by atoms with Crippen molar-refractivity contribution < 1.29 is 14.6 Å². The van der Waals surface area contributed by atoms with E-state index in [1.54, 1.807) is 7.11 Å². The summed E-state index contributed by atoms with van der Waals surface area (Å²) in [5, 5.41) is 13.8.